The van der Waals surface area contributed by atoms with Crippen molar-refractivity contribution in [2.75, 3.05) is 23.4 Å². The minimum absolute atomic E-state index is 0.0276. The fourth-order valence-corrected chi connectivity index (χ4v) is 6.96. The second-order valence-electron chi connectivity index (χ2n) is 5.85. The van der Waals surface area contributed by atoms with Gasteiger partial charge in [0, 0.05) is 5.38 Å². The number of anilines is 1. The molecule has 8 heteroatoms. The minimum atomic E-state index is -0.204. The summed E-state index contributed by atoms with van der Waals surface area (Å²) in [5.41, 5.74) is 2.20. The largest absolute Gasteiger partial charge is 0.484 e. The quantitative estimate of drug-likeness (QED) is 0.535. The first-order valence-electron chi connectivity index (χ1n) is 8.53. The van der Waals surface area contributed by atoms with Crippen molar-refractivity contribution >= 4 is 57.2 Å². The number of thiophene rings is 1. The van der Waals surface area contributed by atoms with Crippen molar-refractivity contribution in [2.45, 2.75) is 11.0 Å². The molecule has 1 amide bonds. The summed E-state index contributed by atoms with van der Waals surface area (Å²) in [6.45, 7) is -0.0276. The molecule has 1 fully saturated rings. The molecule has 0 spiro atoms. The molecular weight excluding hydrogens is 416 g/mol. The number of benzene rings is 1. The Hall–Kier alpha value is -1.48. The highest BCUT2D eigenvalue weighted by Gasteiger charge is 2.16. The number of hydrogen-bond donors (Lipinski definition) is 1. The summed E-state index contributed by atoms with van der Waals surface area (Å²) in [6, 6.07) is 12.1. The summed E-state index contributed by atoms with van der Waals surface area (Å²) in [4.78, 5) is 17.7. The van der Waals surface area contributed by atoms with E-state index in [2.05, 4.69) is 22.4 Å². The number of thioether (sulfide) groups is 2. The van der Waals surface area contributed by atoms with E-state index >= 15 is 0 Å². The number of rotatable bonds is 6. The average molecular weight is 435 g/mol. The van der Waals surface area contributed by atoms with Gasteiger partial charge in [0.2, 0.25) is 0 Å². The second-order valence-corrected chi connectivity index (χ2v) is 10.4. The van der Waals surface area contributed by atoms with Gasteiger partial charge in [-0.05, 0) is 47.1 Å². The summed E-state index contributed by atoms with van der Waals surface area (Å²) in [5.74, 6) is 2.95. The number of thiazole rings is 1. The van der Waals surface area contributed by atoms with E-state index in [0.29, 0.717) is 15.5 Å². The van der Waals surface area contributed by atoms with Crippen LogP contribution in [0.25, 0.3) is 10.6 Å². The zero-order valence-electron chi connectivity index (χ0n) is 14.4. The second kappa shape index (κ2) is 9.14. The number of hydrogen-bond acceptors (Lipinski definition) is 7. The van der Waals surface area contributed by atoms with E-state index < -0.39 is 0 Å². The number of carbonyl (C=O) groups is 1. The fourth-order valence-electron chi connectivity index (χ4n) is 2.57. The maximum Gasteiger partial charge on any atom is 0.264 e. The van der Waals surface area contributed by atoms with Crippen LogP contribution in [0.1, 0.15) is 16.6 Å². The van der Waals surface area contributed by atoms with Gasteiger partial charge in [-0.1, -0.05) is 18.2 Å². The predicted molar refractivity (Wildman–Crippen MR) is 118 cm³/mol. The van der Waals surface area contributed by atoms with Crippen molar-refractivity contribution in [2.24, 2.45) is 0 Å². The number of nitrogens with one attached hydrogen (secondary N) is 1. The maximum absolute atomic E-state index is 12.1. The molecular formula is C19H18N2O2S4. The zero-order valence-corrected chi connectivity index (χ0v) is 17.7. The van der Waals surface area contributed by atoms with Crippen LogP contribution in [0, 0.1) is 0 Å². The highest BCUT2D eigenvalue weighted by molar-refractivity contribution is 8.16. The summed E-state index contributed by atoms with van der Waals surface area (Å²) in [7, 11) is 0. The molecule has 1 aliphatic heterocycles. The van der Waals surface area contributed by atoms with Crippen LogP contribution < -0.4 is 10.1 Å². The molecule has 0 radical (unpaired) electrons. The fraction of sp³-hybridized carbons (Fsp3) is 0.263. The van der Waals surface area contributed by atoms with E-state index in [-0.39, 0.29) is 12.5 Å². The summed E-state index contributed by atoms with van der Waals surface area (Å²) in [5, 5.41) is 7.35. The van der Waals surface area contributed by atoms with Gasteiger partial charge in [0.25, 0.3) is 5.91 Å². The van der Waals surface area contributed by atoms with Crippen molar-refractivity contribution in [3.8, 4) is 16.3 Å². The van der Waals surface area contributed by atoms with E-state index in [9.17, 15) is 4.79 Å². The van der Waals surface area contributed by atoms with Gasteiger partial charge in [0.1, 0.15) is 5.75 Å². The number of carbonyl (C=O) groups excluding carboxylic acids is 1. The Kier molecular flexibility index (Phi) is 6.39. The molecule has 140 valence electrons. The summed E-state index contributed by atoms with van der Waals surface area (Å²) in [6.07, 6.45) is 1.29. The highest BCUT2D eigenvalue weighted by atomic mass is 32.2. The smallest absolute Gasteiger partial charge is 0.264 e. The standard InChI is InChI=1S/C19H18N2O2S4/c22-17(21-19-20-15(12-27-19)16-3-1-8-24-16)11-23-14-6-4-13(5-7-14)18-25-9-2-10-26-18/h1,3-8,12,18H,2,9-11H2,(H,20,21,22). The van der Waals surface area contributed by atoms with Crippen LogP contribution in [0.5, 0.6) is 5.75 Å². The van der Waals surface area contributed by atoms with Gasteiger partial charge in [-0.15, -0.1) is 46.2 Å². The molecule has 0 atom stereocenters. The lowest BCUT2D eigenvalue weighted by molar-refractivity contribution is -0.118. The van der Waals surface area contributed by atoms with Gasteiger partial charge in [-0.2, -0.15) is 0 Å². The molecule has 1 saturated heterocycles. The third-order valence-electron chi connectivity index (χ3n) is 3.87. The van der Waals surface area contributed by atoms with Crippen molar-refractivity contribution in [1.29, 1.82) is 0 Å². The SMILES string of the molecule is O=C(COc1ccc(C2SCCCS2)cc1)Nc1nc(-c2cccs2)cs1. The van der Waals surface area contributed by atoms with Gasteiger partial charge in [0.05, 0.1) is 15.2 Å². The van der Waals surface area contributed by atoms with Crippen molar-refractivity contribution in [3.63, 3.8) is 0 Å². The van der Waals surface area contributed by atoms with Gasteiger partial charge in [-0.3, -0.25) is 10.1 Å². The Morgan fingerprint density at radius 2 is 1.96 bits per heavy atom. The Bertz CT molecular complexity index is 872. The monoisotopic (exact) mass is 434 g/mol. The van der Waals surface area contributed by atoms with E-state index in [0.717, 1.165) is 10.6 Å². The van der Waals surface area contributed by atoms with E-state index in [1.165, 1.54) is 34.8 Å². The number of amides is 1. The molecule has 4 nitrogen and oxygen atoms in total. The van der Waals surface area contributed by atoms with Gasteiger partial charge >= 0.3 is 0 Å². The molecule has 3 heterocycles. The first-order chi connectivity index (χ1) is 13.3. The van der Waals surface area contributed by atoms with E-state index in [1.807, 2.05) is 58.5 Å². The van der Waals surface area contributed by atoms with Gasteiger partial charge in [-0.25, -0.2) is 4.98 Å². The summed E-state index contributed by atoms with van der Waals surface area (Å²) < 4.78 is 6.13. The molecule has 0 aliphatic carbocycles. The Labute approximate surface area is 174 Å². The molecule has 1 N–H and O–H groups in total. The predicted octanol–water partition coefficient (Wildman–Crippen LogP) is 5.76. The van der Waals surface area contributed by atoms with Crippen LogP contribution in [0.2, 0.25) is 0 Å². The molecule has 0 saturated carbocycles. The first-order valence-corrected chi connectivity index (χ1v) is 12.4. The Morgan fingerprint density at radius 1 is 1.15 bits per heavy atom. The normalized spacial score (nSPS) is 14.8. The van der Waals surface area contributed by atoms with Crippen molar-refractivity contribution in [3.05, 3.63) is 52.7 Å². The van der Waals surface area contributed by atoms with Crippen LogP contribution in [-0.2, 0) is 4.79 Å². The molecule has 0 unspecified atom stereocenters. The average Bonchev–Trinajstić information content (AvgIpc) is 3.39. The third kappa shape index (κ3) is 5.07. The Balaban J connectivity index is 1.27. The zero-order chi connectivity index (χ0) is 18.5. The van der Waals surface area contributed by atoms with Crippen molar-refractivity contribution < 1.29 is 9.53 Å². The van der Waals surface area contributed by atoms with Gasteiger partial charge in [0.15, 0.2) is 11.7 Å². The number of aromatic nitrogens is 1. The van der Waals surface area contributed by atoms with Crippen LogP contribution in [0.3, 0.4) is 0 Å². The lowest BCUT2D eigenvalue weighted by Crippen LogP contribution is -2.20. The summed E-state index contributed by atoms with van der Waals surface area (Å²) >= 11 is 7.04. The van der Waals surface area contributed by atoms with Crippen LogP contribution in [-0.4, -0.2) is 29.0 Å². The molecule has 4 rings (SSSR count). The molecule has 1 aliphatic rings. The van der Waals surface area contributed by atoms with E-state index in [4.69, 9.17) is 4.74 Å². The molecule has 1 aromatic carbocycles. The number of nitrogens with zero attached hydrogens (tertiary/aromatic N) is 1. The van der Waals surface area contributed by atoms with Crippen molar-refractivity contribution in [1.82, 2.24) is 4.98 Å². The van der Waals surface area contributed by atoms with Crippen LogP contribution in [0.4, 0.5) is 5.13 Å². The molecule has 0 bridgehead atoms. The molecule has 2 aromatic heterocycles. The van der Waals surface area contributed by atoms with Gasteiger partial charge < -0.3 is 4.74 Å². The first kappa shape index (κ1) is 18.9. The maximum atomic E-state index is 12.1. The molecule has 3 aromatic rings. The highest BCUT2D eigenvalue weighted by Crippen LogP contribution is 2.43. The van der Waals surface area contributed by atoms with E-state index in [1.54, 1.807) is 11.3 Å². The lowest BCUT2D eigenvalue weighted by atomic mass is 10.2. The number of ether oxygens (including phenoxy) is 1. The lowest BCUT2D eigenvalue weighted by Gasteiger charge is -2.21. The third-order valence-corrected chi connectivity index (χ3v) is 8.54. The Morgan fingerprint density at radius 3 is 2.70 bits per heavy atom. The van der Waals surface area contributed by atoms with Crippen LogP contribution in [0.15, 0.2) is 47.2 Å². The van der Waals surface area contributed by atoms with Crippen LogP contribution >= 0.6 is 46.2 Å². The molecule has 27 heavy (non-hydrogen) atoms. The topological polar surface area (TPSA) is 51.2 Å². The minimum Gasteiger partial charge on any atom is -0.484 e.